The van der Waals surface area contributed by atoms with Crippen LogP contribution in [0.5, 0.6) is 0 Å². The SMILES string of the molecule is CCCC(O)N(C(O)CCC)C(CC)N(C)C. The summed E-state index contributed by atoms with van der Waals surface area (Å²) in [5.74, 6) is 0. The number of nitrogens with zero attached hydrogens (tertiary/aromatic N) is 2. The predicted octanol–water partition coefficient (Wildman–Crippen LogP) is 1.82. The highest BCUT2D eigenvalue weighted by molar-refractivity contribution is 4.73. The molecule has 104 valence electrons. The Hall–Kier alpha value is -0.160. The number of aliphatic hydroxyl groups excluding tert-OH is 2. The quantitative estimate of drug-likeness (QED) is 0.609. The van der Waals surface area contributed by atoms with Gasteiger partial charge in [-0.3, -0.25) is 4.90 Å². The van der Waals surface area contributed by atoms with Crippen molar-refractivity contribution in [1.29, 1.82) is 0 Å². The summed E-state index contributed by atoms with van der Waals surface area (Å²) < 4.78 is 0. The van der Waals surface area contributed by atoms with E-state index in [0.717, 1.165) is 19.3 Å². The molecule has 0 aromatic heterocycles. The first-order valence-electron chi connectivity index (χ1n) is 6.79. The van der Waals surface area contributed by atoms with E-state index in [4.69, 9.17) is 0 Å². The van der Waals surface area contributed by atoms with Gasteiger partial charge in [-0.2, -0.15) is 0 Å². The highest BCUT2D eigenvalue weighted by atomic mass is 16.3. The fourth-order valence-corrected chi connectivity index (χ4v) is 2.25. The van der Waals surface area contributed by atoms with Crippen LogP contribution < -0.4 is 0 Å². The second-order valence-corrected chi connectivity index (χ2v) is 4.84. The fraction of sp³-hybridized carbons (Fsp3) is 1.00. The minimum absolute atomic E-state index is 0.0816. The van der Waals surface area contributed by atoms with E-state index < -0.39 is 12.5 Å². The Bertz CT molecular complexity index is 176. The first-order chi connectivity index (χ1) is 7.99. The third-order valence-electron chi connectivity index (χ3n) is 3.09. The first-order valence-corrected chi connectivity index (χ1v) is 6.79. The molecule has 3 unspecified atom stereocenters. The molecule has 0 aromatic carbocycles. The smallest absolute Gasteiger partial charge is 0.110 e. The molecule has 4 nitrogen and oxygen atoms in total. The molecule has 2 N–H and O–H groups in total. The van der Waals surface area contributed by atoms with Crippen molar-refractivity contribution >= 4 is 0 Å². The molecule has 0 saturated heterocycles. The van der Waals surface area contributed by atoms with Gasteiger partial charge in [-0.1, -0.05) is 33.6 Å². The minimum atomic E-state index is -0.561. The van der Waals surface area contributed by atoms with Gasteiger partial charge in [0.15, 0.2) is 0 Å². The Balaban J connectivity index is 4.79. The van der Waals surface area contributed by atoms with Crippen molar-refractivity contribution < 1.29 is 10.2 Å². The Morgan fingerprint density at radius 3 is 1.53 bits per heavy atom. The lowest BCUT2D eigenvalue weighted by atomic mass is 10.1. The second kappa shape index (κ2) is 8.86. The standard InChI is InChI=1S/C13H30N2O2/c1-6-9-12(16)15(13(17)10-7-2)11(8-3)14(4)5/h11-13,16-17H,6-10H2,1-5H3. The molecule has 4 heteroatoms. The molecule has 0 aliphatic rings. The molecular weight excluding hydrogens is 216 g/mol. The van der Waals surface area contributed by atoms with Crippen LogP contribution in [0.2, 0.25) is 0 Å². The van der Waals surface area contributed by atoms with Gasteiger partial charge in [0.25, 0.3) is 0 Å². The van der Waals surface area contributed by atoms with E-state index in [9.17, 15) is 10.2 Å². The number of hydrogen-bond acceptors (Lipinski definition) is 4. The van der Waals surface area contributed by atoms with Gasteiger partial charge in [-0.05, 0) is 33.4 Å². The van der Waals surface area contributed by atoms with Gasteiger partial charge >= 0.3 is 0 Å². The van der Waals surface area contributed by atoms with Crippen LogP contribution in [0, 0.1) is 0 Å². The third-order valence-corrected chi connectivity index (χ3v) is 3.09. The van der Waals surface area contributed by atoms with Crippen molar-refractivity contribution in [3.05, 3.63) is 0 Å². The molecule has 0 aliphatic carbocycles. The van der Waals surface area contributed by atoms with E-state index in [1.807, 2.05) is 32.8 Å². The molecule has 0 amide bonds. The maximum absolute atomic E-state index is 10.2. The van der Waals surface area contributed by atoms with Gasteiger partial charge in [-0.25, -0.2) is 4.90 Å². The highest BCUT2D eigenvalue weighted by Crippen LogP contribution is 2.18. The van der Waals surface area contributed by atoms with Crippen molar-refractivity contribution in [1.82, 2.24) is 9.80 Å². The van der Waals surface area contributed by atoms with Crippen LogP contribution in [0.3, 0.4) is 0 Å². The molecule has 0 saturated carbocycles. The van der Waals surface area contributed by atoms with Crippen LogP contribution in [0.15, 0.2) is 0 Å². The Morgan fingerprint density at radius 1 is 0.882 bits per heavy atom. The molecule has 17 heavy (non-hydrogen) atoms. The molecule has 3 atom stereocenters. The van der Waals surface area contributed by atoms with Crippen molar-refractivity contribution in [2.24, 2.45) is 0 Å². The predicted molar refractivity (Wildman–Crippen MR) is 71.4 cm³/mol. The Kier molecular flexibility index (Phi) is 8.78. The van der Waals surface area contributed by atoms with Crippen molar-refractivity contribution in [2.75, 3.05) is 14.1 Å². The average Bonchev–Trinajstić information content (AvgIpc) is 2.25. The minimum Gasteiger partial charge on any atom is -0.378 e. The Labute approximate surface area is 106 Å². The van der Waals surface area contributed by atoms with Gasteiger partial charge in [-0.15, -0.1) is 0 Å². The van der Waals surface area contributed by atoms with Crippen molar-refractivity contribution in [2.45, 2.75) is 71.5 Å². The van der Waals surface area contributed by atoms with E-state index in [0.29, 0.717) is 12.8 Å². The maximum Gasteiger partial charge on any atom is 0.110 e. The fourth-order valence-electron chi connectivity index (χ4n) is 2.25. The third kappa shape index (κ3) is 5.34. The zero-order valence-corrected chi connectivity index (χ0v) is 12.1. The summed E-state index contributed by atoms with van der Waals surface area (Å²) in [6.45, 7) is 6.17. The summed E-state index contributed by atoms with van der Waals surface area (Å²) in [5.41, 5.74) is 0. The molecule has 0 rings (SSSR count). The molecule has 0 heterocycles. The van der Waals surface area contributed by atoms with E-state index in [1.165, 1.54) is 0 Å². The van der Waals surface area contributed by atoms with E-state index in [1.54, 1.807) is 0 Å². The summed E-state index contributed by atoms with van der Waals surface area (Å²) in [6, 6.07) is 0. The van der Waals surface area contributed by atoms with Gasteiger partial charge in [0.2, 0.25) is 0 Å². The second-order valence-electron chi connectivity index (χ2n) is 4.84. The normalized spacial score (nSPS) is 17.5. The van der Waals surface area contributed by atoms with Crippen LogP contribution in [0.1, 0.15) is 52.9 Å². The molecule has 0 fully saturated rings. The monoisotopic (exact) mass is 246 g/mol. The van der Waals surface area contributed by atoms with E-state index >= 15 is 0 Å². The lowest BCUT2D eigenvalue weighted by Crippen LogP contribution is -2.54. The van der Waals surface area contributed by atoms with Crippen molar-refractivity contribution in [3.63, 3.8) is 0 Å². The van der Waals surface area contributed by atoms with Crippen LogP contribution in [0.4, 0.5) is 0 Å². The highest BCUT2D eigenvalue weighted by Gasteiger charge is 2.29. The van der Waals surface area contributed by atoms with Crippen LogP contribution in [-0.4, -0.2) is 52.7 Å². The van der Waals surface area contributed by atoms with Crippen molar-refractivity contribution in [3.8, 4) is 0 Å². The largest absolute Gasteiger partial charge is 0.378 e. The number of hydrogen-bond donors (Lipinski definition) is 2. The van der Waals surface area contributed by atoms with Gasteiger partial charge < -0.3 is 10.2 Å². The molecule has 0 aromatic rings. The zero-order chi connectivity index (χ0) is 13.4. The molecular formula is C13H30N2O2. The number of aliphatic hydroxyl groups is 2. The average molecular weight is 246 g/mol. The lowest BCUT2D eigenvalue weighted by molar-refractivity contribution is -0.157. The summed E-state index contributed by atoms with van der Waals surface area (Å²) in [7, 11) is 3.97. The number of rotatable bonds is 9. The van der Waals surface area contributed by atoms with Crippen LogP contribution >= 0.6 is 0 Å². The molecule has 0 bridgehead atoms. The Morgan fingerprint density at radius 2 is 1.29 bits per heavy atom. The molecule has 0 aliphatic heterocycles. The van der Waals surface area contributed by atoms with Crippen LogP contribution in [0.25, 0.3) is 0 Å². The van der Waals surface area contributed by atoms with E-state index in [2.05, 4.69) is 11.8 Å². The van der Waals surface area contributed by atoms with Gasteiger partial charge in [0.1, 0.15) is 12.5 Å². The molecule has 0 radical (unpaired) electrons. The maximum atomic E-state index is 10.2. The topological polar surface area (TPSA) is 46.9 Å². The summed E-state index contributed by atoms with van der Waals surface area (Å²) >= 11 is 0. The van der Waals surface area contributed by atoms with E-state index in [-0.39, 0.29) is 6.17 Å². The molecule has 0 spiro atoms. The lowest BCUT2D eigenvalue weighted by Gasteiger charge is -2.41. The summed E-state index contributed by atoms with van der Waals surface area (Å²) in [5, 5.41) is 20.4. The van der Waals surface area contributed by atoms with Crippen LogP contribution in [-0.2, 0) is 0 Å². The first kappa shape index (κ1) is 16.8. The van der Waals surface area contributed by atoms with Gasteiger partial charge in [0, 0.05) is 0 Å². The zero-order valence-electron chi connectivity index (χ0n) is 12.1. The van der Waals surface area contributed by atoms with Gasteiger partial charge in [0.05, 0.1) is 6.17 Å². The summed E-state index contributed by atoms with van der Waals surface area (Å²) in [4.78, 5) is 3.89. The summed E-state index contributed by atoms with van der Waals surface area (Å²) in [6.07, 6.45) is 3.08.